The Morgan fingerprint density at radius 1 is 1.44 bits per heavy atom. The van der Waals surface area contributed by atoms with Crippen molar-refractivity contribution in [2.24, 2.45) is 7.05 Å². The maximum atomic E-state index is 13.1. The number of nitrogens with one attached hydrogen (secondary N) is 1. The van der Waals surface area contributed by atoms with E-state index in [1.807, 2.05) is 20.2 Å². The smallest absolute Gasteiger partial charge is 0.123 e. The molecule has 5 heteroatoms. The lowest BCUT2D eigenvalue weighted by Crippen LogP contribution is -2.01. The third-order valence-corrected chi connectivity index (χ3v) is 3.09. The first-order valence-electron chi connectivity index (χ1n) is 5.80. The van der Waals surface area contributed by atoms with Crippen LogP contribution < -0.4 is 5.32 Å². The third kappa shape index (κ3) is 2.82. The zero-order valence-electron chi connectivity index (χ0n) is 10.4. The molecule has 0 aliphatic carbocycles. The van der Waals surface area contributed by atoms with Crippen molar-refractivity contribution in [3.8, 4) is 0 Å². The zero-order valence-corrected chi connectivity index (χ0v) is 11.1. The average Bonchev–Trinajstić information content (AvgIpc) is 2.71. The molecule has 0 radical (unpaired) electrons. The van der Waals surface area contributed by atoms with Gasteiger partial charge in [-0.3, -0.25) is 4.68 Å². The predicted molar refractivity (Wildman–Crippen MR) is 71.3 cm³/mol. The van der Waals surface area contributed by atoms with Crippen LogP contribution in [0.25, 0.3) is 0 Å². The second-order valence-electron chi connectivity index (χ2n) is 4.11. The number of rotatable bonds is 4. The van der Waals surface area contributed by atoms with Gasteiger partial charge in [0.1, 0.15) is 5.82 Å². The molecule has 1 N–H and O–H groups in total. The molecule has 18 heavy (non-hydrogen) atoms. The van der Waals surface area contributed by atoms with E-state index in [4.69, 9.17) is 11.6 Å². The molecular formula is C13H15ClFN3. The quantitative estimate of drug-likeness (QED) is 0.920. The van der Waals surface area contributed by atoms with Gasteiger partial charge in [-0.05, 0) is 30.2 Å². The van der Waals surface area contributed by atoms with Gasteiger partial charge in [0.2, 0.25) is 0 Å². The monoisotopic (exact) mass is 267 g/mol. The molecule has 0 aliphatic heterocycles. The molecule has 0 amide bonds. The van der Waals surface area contributed by atoms with Gasteiger partial charge >= 0.3 is 0 Å². The first-order valence-corrected chi connectivity index (χ1v) is 6.18. The SMILES string of the molecule is CCc1nn(C)cc1NCc1cc(F)ccc1Cl. The Labute approximate surface area is 111 Å². The van der Waals surface area contributed by atoms with Crippen LogP contribution in [0.15, 0.2) is 24.4 Å². The maximum Gasteiger partial charge on any atom is 0.123 e. The van der Waals surface area contributed by atoms with Crippen molar-refractivity contribution >= 4 is 17.3 Å². The molecular weight excluding hydrogens is 253 g/mol. The molecule has 3 nitrogen and oxygen atoms in total. The number of aromatic nitrogens is 2. The average molecular weight is 268 g/mol. The van der Waals surface area contributed by atoms with Crippen molar-refractivity contribution in [2.75, 3.05) is 5.32 Å². The van der Waals surface area contributed by atoms with Gasteiger partial charge in [0.25, 0.3) is 0 Å². The largest absolute Gasteiger partial charge is 0.378 e. The molecule has 1 aromatic heterocycles. The van der Waals surface area contributed by atoms with Crippen molar-refractivity contribution in [1.82, 2.24) is 9.78 Å². The molecule has 0 fully saturated rings. The highest BCUT2D eigenvalue weighted by Crippen LogP contribution is 2.20. The van der Waals surface area contributed by atoms with Crippen LogP contribution in [0.3, 0.4) is 0 Å². The fourth-order valence-electron chi connectivity index (χ4n) is 1.81. The van der Waals surface area contributed by atoms with Crippen molar-refractivity contribution in [1.29, 1.82) is 0 Å². The summed E-state index contributed by atoms with van der Waals surface area (Å²) in [6, 6.07) is 4.36. The molecule has 0 unspecified atom stereocenters. The summed E-state index contributed by atoms with van der Waals surface area (Å²) in [5, 5.41) is 8.12. The number of anilines is 1. The molecule has 0 aliphatic rings. The third-order valence-electron chi connectivity index (χ3n) is 2.72. The van der Waals surface area contributed by atoms with Crippen LogP contribution in [0.4, 0.5) is 10.1 Å². The van der Waals surface area contributed by atoms with Crippen LogP contribution >= 0.6 is 11.6 Å². The number of hydrogen-bond donors (Lipinski definition) is 1. The number of halogens is 2. The first kappa shape index (κ1) is 12.9. The van der Waals surface area contributed by atoms with E-state index in [0.717, 1.165) is 23.4 Å². The first-order chi connectivity index (χ1) is 8.60. The van der Waals surface area contributed by atoms with Crippen LogP contribution in [0, 0.1) is 5.82 Å². The van der Waals surface area contributed by atoms with E-state index in [0.29, 0.717) is 11.6 Å². The Morgan fingerprint density at radius 2 is 2.22 bits per heavy atom. The molecule has 0 bridgehead atoms. The number of aryl methyl sites for hydroxylation is 2. The van der Waals surface area contributed by atoms with E-state index in [-0.39, 0.29) is 5.82 Å². The highest BCUT2D eigenvalue weighted by Gasteiger charge is 2.07. The molecule has 0 spiro atoms. The molecule has 0 saturated carbocycles. The second kappa shape index (κ2) is 5.40. The van der Waals surface area contributed by atoms with E-state index in [9.17, 15) is 4.39 Å². The van der Waals surface area contributed by atoms with Crippen molar-refractivity contribution in [2.45, 2.75) is 19.9 Å². The highest BCUT2D eigenvalue weighted by atomic mass is 35.5. The zero-order chi connectivity index (χ0) is 13.1. The molecule has 0 atom stereocenters. The fraction of sp³-hybridized carbons (Fsp3) is 0.308. The normalized spacial score (nSPS) is 10.7. The summed E-state index contributed by atoms with van der Waals surface area (Å²) in [6.07, 6.45) is 2.76. The summed E-state index contributed by atoms with van der Waals surface area (Å²) >= 11 is 6.01. The van der Waals surface area contributed by atoms with Gasteiger partial charge in [-0.15, -0.1) is 0 Å². The van der Waals surface area contributed by atoms with E-state index < -0.39 is 0 Å². The molecule has 1 heterocycles. The van der Waals surface area contributed by atoms with Gasteiger partial charge in [0, 0.05) is 24.8 Å². The lowest BCUT2D eigenvalue weighted by Gasteiger charge is -2.07. The van der Waals surface area contributed by atoms with Crippen LogP contribution in [-0.4, -0.2) is 9.78 Å². The fourth-order valence-corrected chi connectivity index (χ4v) is 2.00. The van der Waals surface area contributed by atoms with Gasteiger partial charge < -0.3 is 5.32 Å². The Morgan fingerprint density at radius 3 is 2.94 bits per heavy atom. The number of benzene rings is 1. The minimum absolute atomic E-state index is 0.280. The van der Waals surface area contributed by atoms with Crippen molar-refractivity contribution in [3.63, 3.8) is 0 Å². The van der Waals surface area contributed by atoms with E-state index >= 15 is 0 Å². The van der Waals surface area contributed by atoms with Gasteiger partial charge in [-0.25, -0.2) is 4.39 Å². The van der Waals surface area contributed by atoms with Gasteiger partial charge in [0.05, 0.1) is 11.4 Å². The second-order valence-corrected chi connectivity index (χ2v) is 4.51. The summed E-state index contributed by atoms with van der Waals surface area (Å²) in [4.78, 5) is 0. The van der Waals surface area contributed by atoms with Crippen LogP contribution in [0.5, 0.6) is 0 Å². The topological polar surface area (TPSA) is 29.9 Å². The minimum Gasteiger partial charge on any atom is -0.378 e. The molecule has 0 saturated heterocycles. The van der Waals surface area contributed by atoms with E-state index in [1.54, 1.807) is 10.7 Å². The number of hydrogen-bond acceptors (Lipinski definition) is 2. The van der Waals surface area contributed by atoms with Gasteiger partial charge in [-0.2, -0.15) is 5.10 Å². The summed E-state index contributed by atoms with van der Waals surface area (Å²) in [7, 11) is 1.87. The Kier molecular flexibility index (Phi) is 3.87. The van der Waals surface area contributed by atoms with E-state index in [1.165, 1.54) is 12.1 Å². The maximum absolute atomic E-state index is 13.1. The summed E-state index contributed by atoms with van der Waals surface area (Å²) < 4.78 is 14.9. The van der Waals surface area contributed by atoms with E-state index in [2.05, 4.69) is 10.4 Å². The summed E-state index contributed by atoms with van der Waals surface area (Å²) in [6.45, 7) is 2.53. The van der Waals surface area contributed by atoms with Gasteiger partial charge in [-0.1, -0.05) is 18.5 Å². The Balaban J connectivity index is 2.13. The van der Waals surface area contributed by atoms with Crippen LogP contribution in [-0.2, 0) is 20.0 Å². The van der Waals surface area contributed by atoms with Gasteiger partial charge in [0.15, 0.2) is 0 Å². The lowest BCUT2D eigenvalue weighted by atomic mass is 10.2. The summed E-state index contributed by atoms with van der Waals surface area (Å²) in [5.74, 6) is -0.280. The Hall–Kier alpha value is -1.55. The molecule has 1 aromatic carbocycles. The van der Waals surface area contributed by atoms with Crippen molar-refractivity contribution in [3.05, 3.63) is 46.5 Å². The predicted octanol–water partition coefficient (Wildman–Crippen LogP) is 3.39. The van der Waals surface area contributed by atoms with Crippen LogP contribution in [0.2, 0.25) is 5.02 Å². The van der Waals surface area contributed by atoms with Crippen molar-refractivity contribution < 1.29 is 4.39 Å². The lowest BCUT2D eigenvalue weighted by molar-refractivity contribution is 0.626. The minimum atomic E-state index is -0.280. The molecule has 96 valence electrons. The standard InChI is InChI=1S/C13H15ClFN3/c1-3-12-13(8-18(2)17-12)16-7-9-6-10(15)4-5-11(9)14/h4-6,8,16H,3,7H2,1-2H3. The number of nitrogens with zero attached hydrogens (tertiary/aromatic N) is 2. The summed E-state index contributed by atoms with van der Waals surface area (Å²) in [5.41, 5.74) is 2.69. The highest BCUT2D eigenvalue weighted by molar-refractivity contribution is 6.31. The molecule has 2 rings (SSSR count). The Bertz CT molecular complexity index is 551. The van der Waals surface area contributed by atoms with Crippen LogP contribution in [0.1, 0.15) is 18.2 Å². The molecule has 2 aromatic rings.